The van der Waals surface area contributed by atoms with Crippen LogP contribution in [0.2, 0.25) is 0 Å². The van der Waals surface area contributed by atoms with Crippen molar-refractivity contribution in [1.82, 2.24) is 0 Å². The third-order valence-corrected chi connectivity index (χ3v) is 5.22. The second-order valence-corrected chi connectivity index (χ2v) is 8.91. The van der Waals surface area contributed by atoms with Gasteiger partial charge in [0.2, 0.25) is 0 Å². The third-order valence-electron chi connectivity index (χ3n) is 4.36. The Morgan fingerprint density at radius 1 is 1.04 bits per heavy atom. The summed E-state index contributed by atoms with van der Waals surface area (Å²) in [7, 11) is -3.08. The molecule has 2 aromatic carbocycles. The maximum Gasteiger partial charge on any atom is 0.255 e. The minimum atomic E-state index is -3.08. The van der Waals surface area contributed by atoms with Crippen molar-refractivity contribution in [1.29, 1.82) is 0 Å². The molecule has 3 rings (SSSR count). The van der Waals surface area contributed by atoms with Crippen LogP contribution in [-0.2, 0) is 15.6 Å². The molecule has 1 aliphatic rings. The van der Waals surface area contributed by atoms with Gasteiger partial charge in [-0.3, -0.25) is 4.79 Å². The van der Waals surface area contributed by atoms with Gasteiger partial charge in [-0.05, 0) is 67.6 Å². The minimum Gasteiger partial charge on any atom is -0.490 e. The third kappa shape index (κ3) is 5.33. The van der Waals surface area contributed by atoms with Crippen molar-refractivity contribution in [2.24, 2.45) is 0 Å². The van der Waals surface area contributed by atoms with Crippen LogP contribution in [0.5, 0.6) is 5.75 Å². The number of carbonyl (C=O) groups excluding carboxylic acids is 1. The second kappa shape index (κ2) is 7.91. The Labute approximate surface area is 154 Å². The number of hydrogen-bond donors (Lipinski definition) is 1. The molecule has 26 heavy (non-hydrogen) atoms. The Morgan fingerprint density at radius 3 is 2.23 bits per heavy atom. The zero-order chi connectivity index (χ0) is 18.6. The molecule has 0 atom stereocenters. The molecule has 0 unspecified atom stereocenters. The van der Waals surface area contributed by atoms with Crippen LogP contribution in [0.25, 0.3) is 0 Å². The van der Waals surface area contributed by atoms with Gasteiger partial charge in [0.1, 0.15) is 5.75 Å². The molecule has 6 heteroatoms. The fourth-order valence-electron chi connectivity index (χ4n) is 3.07. The first kappa shape index (κ1) is 18.5. The van der Waals surface area contributed by atoms with E-state index in [2.05, 4.69) is 5.32 Å². The Kier molecular flexibility index (Phi) is 5.61. The number of benzene rings is 2. The molecule has 1 N–H and O–H groups in total. The van der Waals surface area contributed by atoms with E-state index in [9.17, 15) is 13.2 Å². The Morgan fingerprint density at radius 2 is 1.65 bits per heavy atom. The summed E-state index contributed by atoms with van der Waals surface area (Å²) in [6.07, 6.45) is 6.15. The van der Waals surface area contributed by atoms with E-state index in [1.165, 1.54) is 19.1 Å². The number of carbonyl (C=O) groups is 1. The van der Waals surface area contributed by atoms with Crippen LogP contribution >= 0.6 is 0 Å². The summed E-state index contributed by atoms with van der Waals surface area (Å²) < 4.78 is 28.5. The number of sulfone groups is 1. The lowest BCUT2D eigenvalue weighted by Gasteiger charge is -2.13. The van der Waals surface area contributed by atoms with E-state index >= 15 is 0 Å². The highest BCUT2D eigenvalue weighted by Gasteiger charge is 2.16. The quantitative estimate of drug-likeness (QED) is 0.836. The van der Waals surface area contributed by atoms with Crippen LogP contribution in [0.3, 0.4) is 0 Å². The van der Waals surface area contributed by atoms with Crippen LogP contribution < -0.4 is 10.1 Å². The molecule has 0 aromatic heterocycles. The van der Waals surface area contributed by atoms with E-state index < -0.39 is 9.84 Å². The van der Waals surface area contributed by atoms with Gasteiger partial charge in [0, 0.05) is 17.5 Å². The number of rotatable bonds is 6. The molecule has 1 aliphatic carbocycles. The number of nitrogens with one attached hydrogen (secondary N) is 1. The maximum atomic E-state index is 12.3. The summed E-state index contributed by atoms with van der Waals surface area (Å²) in [4.78, 5) is 12.3. The van der Waals surface area contributed by atoms with Gasteiger partial charge < -0.3 is 10.1 Å². The first-order valence-corrected chi connectivity index (χ1v) is 10.8. The van der Waals surface area contributed by atoms with Gasteiger partial charge >= 0.3 is 0 Å². The van der Waals surface area contributed by atoms with Crippen LogP contribution in [0.4, 0.5) is 5.69 Å². The van der Waals surface area contributed by atoms with Crippen LogP contribution in [0.1, 0.15) is 41.6 Å². The summed E-state index contributed by atoms with van der Waals surface area (Å²) in [6, 6.07) is 14.0. The second-order valence-electron chi connectivity index (χ2n) is 6.77. The fourth-order valence-corrected chi connectivity index (χ4v) is 3.87. The molecule has 0 bridgehead atoms. The Bertz CT molecular complexity index is 852. The van der Waals surface area contributed by atoms with E-state index in [4.69, 9.17) is 4.74 Å². The van der Waals surface area contributed by atoms with Gasteiger partial charge in [-0.25, -0.2) is 8.42 Å². The van der Waals surface area contributed by atoms with Crippen molar-refractivity contribution < 1.29 is 17.9 Å². The lowest BCUT2D eigenvalue weighted by atomic mass is 10.1. The molecule has 1 amide bonds. The molecule has 0 aliphatic heterocycles. The largest absolute Gasteiger partial charge is 0.490 e. The SMILES string of the molecule is CS(=O)(=O)Cc1ccc(C(=O)Nc2ccc(OC3CCCC3)cc2)cc1. The summed E-state index contributed by atoms with van der Waals surface area (Å²) >= 11 is 0. The van der Waals surface area contributed by atoms with Crippen LogP contribution in [0.15, 0.2) is 48.5 Å². The van der Waals surface area contributed by atoms with Crippen LogP contribution in [-0.4, -0.2) is 26.7 Å². The van der Waals surface area contributed by atoms with Gasteiger partial charge in [0.25, 0.3) is 5.91 Å². The Balaban J connectivity index is 1.58. The topological polar surface area (TPSA) is 72.5 Å². The first-order chi connectivity index (χ1) is 12.4. The molecule has 2 aromatic rings. The van der Waals surface area contributed by atoms with Crippen molar-refractivity contribution in [2.45, 2.75) is 37.5 Å². The molecular weight excluding hydrogens is 350 g/mol. The summed E-state index contributed by atoms with van der Waals surface area (Å²) in [5, 5.41) is 2.83. The van der Waals surface area contributed by atoms with Crippen molar-refractivity contribution in [2.75, 3.05) is 11.6 Å². The van der Waals surface area contributed by atoms with E-state index in [1.807, 2.05) is 24.3 Å². The van der Waals surface area contributed by atoms with Crippen molar-refractivity contribution >= 4 is 21.4 Å². The normalized spacial score (nSPS) is 15.0. The predicted octanol–water partition coefficient (Wildman–Crippen LogP) is 3.80. The highest BCUT2D eigenvalue weighted by atomic mass is 32.2. The van der Waals surface area contributed by atoms with E-state index in [1.54, 1.807) is 24.3 Å². The molecule has 1 fully saturated rings. The van der Waals surface area contributed by atoms with Crippen molar-refractivity contribution in [3.05, 3.63) is 59.7 Å². The number of ether oxygens (including phenoxy) is 1. The first-order valence-electron chi connectivity index (χ1n) is 8.74. The number of hydrogen-bond acceptors (Lipinski definition) is 4. The zero-order valence-electron chi connectivity index (χ0n) is 14.8. The lowest BCUT2D eigenvalue weighted by Crippen LogP contribution is -2.13. The number of anilines is 1. The summed E-state index contributed by atoms with van der Waals surface area (Å²) in [5.41, 5.74) is 1.83. The molecule has 0 spiro atoms. The fraction of sp³-hybridized carbons (Fsp3) is 0.350. The maximum absolute atomic E-state index is 12.3. The predicted molar refractivity (Wildman–Crippen MR) is 102 cm³/mol. The molecule has 138 valence electrons. The summed E-state index contributed by atoms with van der Waals surface area (Å²) in [6.45, 7) is 0. The minimum absolute atomic E-state index is 0.0304. The van der Waals surface area contributed by atoms with E-state index in [-0.39, 0.29) is 11.7 Å². The monoisotopic (exact) mass is 373 g/mol. The van der Waals surface area contributed by atoms with Gasteiger partial charge in [0.15, 0.2) is 9.84 Å². The van der Waals surface area contributed by atoms with Gasteiger partial charge in [-0.2, -0.15) is 0 Å². The molecule has 0 saturated heterocycles. The lowest BCUT2D eigenvalue weighted by molar-refractivity contribution is 0.102. The average Bonchev–Trinajstić information content (AvgIpc) is 3.09. The van der Waals surface area contributed by atoms with Crippen molar-refractivity contribution in [3.63, 3.8) is 0 Å². The molecular formula is C20H23NO4S. The van der Waals surface area contributed by atoms with Crippen molar-refractivity contribution in [3.8, 4) is 5.75 Å². The zero-order valence-corrected chi connectivity index (χ0v) is 15.6. The highest BCUT2D eigenvalue weighted by Crippen LogP contribution is 2.25. The number of amides is 1. The van der Waals surface area contributed by atoms with Gasteiger partial charge in [-0.15, -0.1) is 0 Å². The average molecular weight is 373 g/mol. The Hall–Kier alpha value is -2.34. The molecule has 1 saturated carbocycles. The molecule has 0 heterocycles. The van der Waals surface area contributed by atoms with E-state index in [0.717, 1.165) is 18.6 Å². The van der Waals surface area contributed by atoms with Gasteiger partial charge in [0.05, 0.1) is 11.9 Å². The van der Waals surface area contributed by atoms with Gasteiger partial charge in [-0.1, -0.05) is 12.1 Å². The highest BCUT2D eigenvalue weighted by molar-refractivity contribution is 7.89. The molecule has 5 nitrogen and oxygen atoms in total. The van der Waals surface area contributed by atoms with E-state index in [0.29, 0.717) is 22.9 Å². The molecule has 0 radical (unpaired) electrons. The summed E-state index contributed by atoms with van der Waals surface area (Å²) in [5.74, 6) is 0.553. The van der Waals surface area contributed by atoms with Crippen LogP contribution in [0, 0.1) is 0 Å². The smallest absolute Gasteiger partial charge is 0.255 e. The standard InChI is InChI=1S/C20H23NO4S/c1-26(23,24)14-15-6-8-16(9-7-15)20(22)21-17-10-12-19(13-11-17)25-18-4-2-3-5-18/h6-13,18H,2-5,14H2,1H3,(H,21,22).